The van der Waals surface area contributed by atoms with Gasteiger partial charge in [0, 0.05) is 20.1 Å². The molecule has 0 fully saturated rings. The van der Waals surface area contributed by atoms with E-state index in [0.717, 1.165) is 0 Å². The Balaban J connectivity index is 3.19. The summed E-state index contributed by atoms with van der Waals surface area (Å²) in [5.41, 5.74) is 0. The summed E-state index contributed by atoms with van der Waals surface area (Å²) >= 11 is 5.23. The second-order valence-electron chi connectivity index (χ2n) is 2.43. The zero-order valence-electron chi connectivity index (χ0n) is 7.06. The molecule has 0 amide bonds. The third-order valence-corrected chi connectivity index (χ3v) is 1.57. The first-order valence-corrected chi connectivity index (χ1v) is 4.05. The SMILES string of the molecule is COCOCCC[C@@](F)(Cl)CO. The van der Waals surface area contributed by atoms with Crippen molar-refractivity contribution in [3.05, 3.63) is 0 Å². The van der Waals surface area contributed by atoms with Gasteiger partial charge in [-0.3, -0.25) is 0 Å². The summed E-state index contributed by atoms with van der Waals surface area (Å²) in [5, 5.41) is 6.42. The van der Waals surface area contributed by atoms with Crippen LogP contribution in [0.4, 0.5) is 4.39 Å². The highest BCUT2D eigenvalue weighted by molar-refractivity contribution is 6.22. The van der Waals surface area contributed by atoms with Gasteiger partial charge in [-0.15, -0.1) is 0 Å². The number of ether oxygens (including phenoxy) is 2. The molecule has 1 atom stereocenters. The summed E-state index contributed by atoms with van der Waals surface area (Å²) in [5.74, 6) is 0. The molecular weight excluding hydrogens is 187 g/mol. The lowest BCUT2D eigenvalue weighted by atomic mass is 10.2. The molecule has 0 aliphatic rings. The summed E-state index contributed by atoms with van der Waals surface area (Å²) in [6.45, 7) is -0.0915. The fourth-order valence-corrected chi connectivity index (χ4v) is 0.788. The number of aliphatic hydroxyl groups is 1. The van der Waals surface area contributed by atoms with Crippen molar-refractivity contribution in [3.63, 3.8) is 0 Å². The Morgan fingerprint density at radius 3 is 2.75 bits per heavy atom. The van der Waals surface area contributed by atoms with Crippen LogP contribution >= 0.6 is 11.6 Å². The molecule has 0 aromatic rings. The van der Waals surface area contributed by atoms with Gasteiger partial charge in [0.1, 0.15) is 6.79 Å². The second kappa shape index (κ2) is 6.60. The third-order valence-electron chi connectivity index (χ3n) is 1.26. The van der Waals surface area contributed by atoms with Crippen LogP contribution in [0.2, 0.25) is 0 Å². The number of rotatable bonds is 7. The Morgan fingerprint density at radius 2 is 2.25 bits per heavy atom. The fourth-order valence-electron chi connectivity index (χ4n) is 0.654. The predicted octanol–water partition coefficient (Wildman–Crippen LogP) is 1.28. The van der Waals surface area contributed by atoms with Gasteiger partial charge in [-0.2, -0.15) is 0 Å². The van der Waals surface area contributed by atoms with Gasteiger partial charge in [0.15, 0.2) is 0 Å². The van der Waals surface area contributed by atoms with Crippen molar-refractivity contribution in [2.24, 2.45) is 0 Å². The van der Waals surface area contributed by atoms with E-state index in [0.29, 0.717) is 13.0 Å². The lowest BCUT2D eigenvalue weighted by Gasteiger charge is -2.13. The number of hydrogen-bond donors (Lipinski definition) is 1. The zero-order chi connectivity index (χ0) is 9.45. The van der Waals surface area contributed by atoms with Crippen molar-refractivity contribution >= 4 is 11.6 Å². The van der Waals surface area contributed by atoms with Gasteiger partial charge in [-0.05, 0) is 6.42 Å². The minimum Gasteiger partial charge on any atom is -0.392 e. The number of methoxy groups -OCH3 is 1. The molecule has 0 aromatic carbocycles. The maximum atomic E-state index is 12.8. The maximum absolute atomic E-state index is 12.8. The van der Waals surface area contributed by atoms with Crippen LogP contribution in [-0.4, -0.2) is 37.4 Å². The lowest BCUT2D eigenvalue weighted by Crippen LogP contribution is -2.20. The molecule has 0 aliphatic heterocycles. The van der Waals surface area contributed by atoms with Crippen LogP contribution in [0.3, 0.4) is 0 Å². The van der Waals surface area contributed by atoms with Gasteiger partial charge in [0.05, 0.1) is 6.61 Å². The van der Waals surface area contributed by atoms with Crippen molar-refractivity contribution in [1.29, 1.82) is 0 Å². The molecule has 0 aliphatic carbocycles. The fraction of sp³-hybridized carbons (Fsp3) is 1.00. The molecule has 0 heterocycles. The average Bonchev–Trinajstić information content (AvgIpc) is 2.04. The van der Waals surface area contributed by atoms with Gasteiger partial charge in [0.25, 0.3) is 0 Å². The first kappa shape index (κ1) is 12.1. The molecule has 5 heteroatoms. The van der Waals surface area contributed by atoms with Crippen molar-refractivity contribution in [1.82, 2.24) is 0 Å². The monoisotopic (exact) mass is 200 g/mol. The summed E-state index contributed by atoms with van der Waals surface area (Å²) < 4.78 is 22.3. The molecule has 0 saturated heterocycles. The number of alkyl halides is 2. The highest BCUT2D eigenvalue weighted by atomic mass is 35.5. The Morgan fingerprint density at radius 1 is 1.58 bits per heavy atom. The van der Waals surface area contributed by atoms with Gasteiger partial charge in [-0.25, -0.2) is 4.39 Å². The number of halogens is 2. The van der Waals surface area contributed by atoms with Gasteiger partial charge in [0.2, 0.25) is 5.13 Å². The van der Waals surface area contributed by atoms with Crippen molar-refractivity contribution < 1.29 is 19.0 Å². The quantitative estimate of drug-likeness (QED) is 0.382. The molecule has 0 spiro atoms. The predicted molar refractivity (Wildman–Crippen MR) is 43.8 cm³/mol. The summed E-state index contributed by atoms with van der Waals surface area (Å²) in [6, 6.07) is 0. The van der Waals surface area contributed by atoms with Crippen LogP contribution in [0.15, 0.2) is 0 Å². The minimum absolute atomic E-state index is 0.0781. The second-order valence-corrected chi connectivity index (χ2v) is 3.11. The molecule has 0 aromatic heterocycles. The minimum atomic E-state index is -2.00. The van der Waals surface area contributed by atoms with Gasteiger partial charge >= 0.3 is 0 Å². The van der Waals surface area contributed by atoms with E-state index in [1.807, 2.05) is 0 Å². The van der Waals surface area contributed by atoms with E-state index in [-0.39, 0.29) is 13.2 Å². The largest absolute Gasteiger partial charge is 0.392 e. The van der Waals surface area contributed by atoms with Gasteiger partial charge < -0.3 is 14.6 Å². The molecular formula is C7H14ClFO3. The standard InChI is InChI=1S/C7H14ClFO3/c1-11-6-12-4-2-3-7(8,9)5-10/h10H,2-6H2,1H3/t7-/m0/s1. The van der Waals surface area contributed by atoms with Crippen LogP contribution in [0.25, 0.3) is 0 Å². The van der Waals surface area contributed by atoms with Crippen LogP contribution in [0, 0.1) is 0 Å². The normalized spacial score (nSPS) is 16.0. The Hall–Kier alpha value is 0.1000. The molecule has 0 bridgehead atoms. The first-order valence-electron chi connectivity index (χ1n) is 3.68. The van der Waals surface area contributed by atoms with E-state index < -0.39 is 11.7 Å². The Kier molecular flexibility index (Phi) is 6.65. The first-order chi connectivity index (χ1) is 5.62. The summed E-state index contributed by atoms with van der Waals surface area (Å²) in [7, 11) is 1.51. The Labute approximate surface area is 76.4 Å². The van der Waals surface area contributed by atoms with E-state index in [2.05, 4.69) is 4.74 Å². The molecule has 0 unspecified atom stereocenters. The van der Waals surface area contributed by atoms with Crippen molar-refractivity contribution in [3.8, 4) is 0 Å². The number of aliphatic hydroxyl groups excluding tert-OH is 1. The molecule has 3 nitrogen and oxygen atoms in total. The van der Waals surface area contributed by atoms with E-state index in [9.17, 15) is 4.39 Å². The zero-order valence-corrected chi connectivity index (χ0v) is 7.81. The summed E-state index contributed by atoms with van der Waals surface area (Å²) in [4.78, 5) is 0. The molecule has 0 radical (unpaired) electrons. The summed E-state index contributed by atoms with van der Waals surface area (Å²) in [6.07, 6.45) is 0.540. The average molecular weight is 201 g/mol. The van der Waals surface area contributed by atoms with Crippen LogP contribution in [-0.2, 0) is 9.47 Å². The number of hydrogen-bond acceptors (Lipinski definition) is 3. The maximum Gasteiger partial charge on any atom is 0.206 e. The Bertz CT molecular complexity index is 111. The van der Waals surface area contributed by atoms with Crippen molar-refractivity contribution in [2.75, 3.05) is 27.1 Å². The van der Waals surface area contributed by atoms with Crippen LogP contribution in [0.5, 0.6) is 0 Å². The molecule has 74 valence electrons. The molecule has 12 heavy (non-hydrogen) atoms. The molecule has 1 N–H and O–H groups in total. The third kappa shape index (κ3) is 6.79. The molecule has 0 saturated carbocycles. The topological polar surface area (TPSA) is 38.7 Å². The highest BCUT2D eigenvalue weighted by Gasteiger charge is 2.23. The van der Waals surface area contributed by atoms with E-state index in [1.54, 1.807) is 0 Å². The van der Waals surface area contributed by atoms with E-state index in [1.165, 1.54) is 7.11 Å². The lowest BCUT2D eigenvalue weighted by molar-refractivity contribution is -0.0339. The van der Waals surface area contributed by atoms with E-state index >= 15 is 0 Å². The highest BCUT2D eigenvalue weighted by Crippen LogP contribution is 2.22. The molecule has 0 rings (SSSR count). The van der Waals surface area contributed by atoms with Gasteiger partial charge in [-0.1, -0.05) is 11.6 Å². The van der Waals surface area contributed by atoms with Crippen LogP contribution < -0.4 is 0 Å². The van der Waals surface area contributed by atoms with Crippen molar-refractivity contribution in [2.45, 2.75) is 18.0 Å². The smallest absolute Gasteiger partial charge is 0.206 e. The van der Waals surface area contributed by atoms with E-state index in [4.69, 9.17) is 21.4 Å². The van der Waals surface area contributed by atoms with Crippen LogP contribution in [0.1, 0.15) is 12.8 Å².